The van der Waals surface area contributed by atoms with E-state index in [1.807, 2.05) is 30.3 Å². The van der Waals surface area contributed by atoms with Crippen LogP contribution in [0.4, 0.5) is 5.69 Å². The number of carbonyl (C=O) groups excluding carboxylic acids is 2. The fraction of sp³-hybridized carbons (Fsp3) is 0.105. The van der Waals surface area contributed by atoms with Crippen molar-refractivity contribution in [3.63, 3.8) is 0 Å². The average molecular weight is 352 g/mol. The van der Waals surface area contributed by atoms with Crippen molar-refractivity contribution >= 4 is 29.3 Å². The number of nitrogens with one attached hydrogen (secondary N) is 1. The molecule has 2 aromatic rings. The van der Waals surface area contributed by atoms with E-state index in [2.05, 4.69) is 11.4 Å². The van der Waals surface area contributed by atoms with E-state index in [1.54, 1.807) is 29.7 Å². The molecule has 25 heavy (non-hydrogen) atoms. The predicted octanol–water partition coefficient (Wildman–Crippen LogP) is 3.54. The SMILES string of the molecule is N#CCc1ccc(NC(=O)COC(=O)/C=C/Sc2ccccc2)cc1. The molecule has 126 valence electrons. The standard InChI is InChI=1S/C19H16N2O3S/c20-12-10-15-6-8-16(9-7-15)21-18(22)14-24-19(23)11-13-25-17-4-2-1-3-5-17/h1-9,11,13H,10,14H2,(H,21,22)/b13-11+. The van der Waals surface area contributed by atoms with E-state index >= 15 is 0 Å². The fourth-order valence-corrected chi connectivity index (χ4v) is 2.50. The third-order valence-corrected chi connectivity index (χ3v) is 3.83. The van der Waals surface area contributed by atoms with Crippen LogP contribution in [-0.4, -0.2) is 18.5 Å². The fourth-order valence-electron chi connectivity index (χ4n) is 1.85. The zero-order valence-corrected chi connectivity index (χ0v) is 14.2. The van der Waals surface area contributed by atoms with Gasteiger partial charge in [-0.1, -0.05) is 42.1 Å². The Morgan fingerprint density at radius 3 is 2.52 bits per heavy atom. The van der Waals surface area contributed by atoms with Crippen LogP contribution >= 0.6 is 11.8 Å². The number of hydrogen-bond donors (Lipinski definition) is 1. The number of hydrogen-bond acceptors (Lipinski definition) is 5. The second kappa shape index (κ2) is 9.96. The average Bonchev–Trinajstić information content (AvgIpc) is 2.63. The van der Waals surface area contributed by atoms with Gasteiger partial charge in [0.15, 0.2) is 6.61 Å². The largest absolute Gasteiger partial charge is 0.452 e. The van der Waals surface area contributed by atoms with Gasteiger partial charge in [0.1, 0.15) is 0 Å². The Kier molecular flexibility index (Phi) is 7.29. The number of rotatable bonds is 7. The molecule has 2 rings (SSSR count). The van der Waals surface area contributed by atoms with Crippen molar-refractivity contribution in [1.82, 2.24) is 0 Å². The van der Waals surface area contributed by atoms with Gasteiger partial charge >= 0.3 is 5.97 Å². The molecule has 1 N–H and O–H groups in total. The highest BCUT2D eigenvalue weighted by Gasteiger charge is 2.05. The van der Waals surface area contributed by atoms with E-state index in [4.69, 9.17) is 10.00 Å². The van der Waals surface area contributed by atoms with Gasteiger partial charge in [0.05, 0.1) is 12.5 Å². The number of benzene rings is 2. The Balaban J connectivity index is 1.72. The predicted molar refractivity (Wildman–Crippen MR) is 96.8 cm³/mol. The molecule has 0 spiro atoms. The molecule has 0 heterocycles. The Morgan fingerprint density at radius 2 is 1.84 bits per heavy atom. The molecule has 0 aromatic heterocycles. The number of carbonyl (C=O) groups is 2. The van der Waals surface area contributed by atoms with E-state index < -0.39 is 11.9 Å². The second-order valence-corrected chi connectivity index (χ2v) is 5.90. The molecule has 0 atom stereocenters. The van der Waals surface area contributed by atoms with Crippen LogP contribution in [-0.2, 0) is 20.7 Å². The summed E-state index contributed by atoms with van der Waals surface area (Å²) in [5.74, 6) is -1.01. The summed E-state index contributed by atoms with van der Waals surface area (Å²) in [5.41, 5.74) is 1.45. The molecule has 2 aromatic carbocycles. The van der Waals surface area contributed by atoms with Gasteiger partial charge < -0.3 is 10.1 Å². The summed E-state index contributed by atoms with van der Waals surface area (Å²) >= 11 is 1.39. The summed E-state index contributed by atoms with van der Waals surface area (Å²) in [6.07, 6.45) is 1.60. The molecule has 0 unspecified atom stereocenters. The summed E-state index contributed by atoms with van der Waals surface area (Å²) in [7, 11) is 0. The van der Waals surface area contributed by atoms with Gasteiger partial charge in [-0.05, 0) is 35.2 Å². The van der Waals surface area contributed by atoms with Crippen LogP contribution in [0.1, 0.15) is 5.56 Å². The van der Waals surface area contributed by atoms with Gasteiger partial charge in [-0.3, -0.25) is 4.79 Å². The molecule has 1 amide bonds. The summed E-state index contributed by atoms with van der Waals surface area (Å²) in [6, 6.07) is 18.5. The highest BCUT2D eigenvalue weighted by Crippen LogP contribution is 2.17. The van der Waals surface area contributed by atoms with Crippen LogP contribution < -0.4 is 5.32 Å². The number of esters is 1. The molecule has 0 saturated carbocycles. The van der Waals surface area contributed by atoms with Gasteiger partial charge in [0, 0.05) is 16.7 Å². The lowest BCUT2D eigenvalue weighted by atomic mass is 10.1. The van der Waals surface area contributed by atoms with Crippen LogP contribution in [0.25, 0.3) is 0 Å². The van der Waals surface area contributed by atoms with E-state index in [9.17, 15) is 9.59 Å². The van der Waals surface area contributed by atoms with Gasteiger partial charge in [-0.25, -0.2) is 4.79 Å². The lowest BCUT2D eigenvalue weighted by Crippen LogP contribution is -2.20. The molecule has 0 saturated heterocycles. The Hall–Kier alpha value is -3.04. The first-order chi connectivity index (χ1) is 12.2. The molecule has 0 bridgehead atoms. The molecule has 0 aliphatic rings. The normalized spacial score (nSPS) is 10.2. The Labute approximate surface area is 150 Å². The molecule has 6 heteroatoms. The lowest BCUT2D eigenvalue weighted by molar-refractivity contribution is -0.142. The monoisotopic (exact) mass is 352 g/mol. The van der Waals surface area contributed by atoms with E-state index in [-0.39, 0.29) is 6.61 Å². The summed E-state index contributed by atoms with van der Waals surface area (Å²) in [5, 5.41) is 12.8. The first-order valence-electron chi connectivity index (χ1n) is 7.48. The van der Waals surface area contributed by atoms with Crippen LogP contribution in [0, 0.1) is 11.3 Å². The number of anilines is 1. The summed E-state index contributed by atoms with van der Waals surface area (Å²) in [4.78, 5) is 24.3. The van der Waals surface area contributed by atoms with Gasteiger partial charge in [-0.2, -0.15) is 5.26 Å². The number of nitriles is 1. The van der Waals surface area contributed by atoms with Crippen molar-refractivity contribution < 1.29 is 14.3 Å². The molecular formula is C19H16N2O3S. The zero-order valence-electron chi connectivity index (χ0n) is 13.3. The van der Waals surface area contributed by atoms with Crippen molar-refractivity contribution in [2.75, 3.05) is 11.9 Å². The van der Waals surface area contributed by atoms with Crippen molar-refractivity contribution in [2.45, 2.75) is 11.3 Å². The third kappa shape index (κ3) is 6.94. The van der Waals surface area contributed by atoms with Crippen LogP contribution in [0.2, 0.25) is 0 Å². The van der Waals surface area contributed by atoms with Crippen LogP contribution in [0.5, 0.6) is 0 Å². The van der Waals surface area contributed by atoms with Crippen LogP contribution in [0.3, 0.4) is 0 Å². The Morgan fingerprint density at radius 1 is 1.12 bits per heavy atom. The Bertz CT molecular complexity index is 781. The first-order valence-corrected chi connectivity index (χ1v) is 8.36. The summed E-state index contributed by atoms with van der Waals surface area (Å²) in [6.45, 7) is -0.362. The van der Waals surface area contributed by atoms with Crippen LogP contribution in [0.15, 0.2) is 71.0 Å². The van der Waals surface area contributed by atoms with Crippen molar-refractivity contribution in [3.05, 3.63) is 71.6 Å². The zero-order chi connectivity index (χ0) is 17.9. The topological polar surface area (TPSA) is 79.2 Å². The highest BCUT2D eigenvalue weighted by atomic mass is 32.2. The summed E-state index contributed by atoms with van der Waals surface area (Å²) < 4.78 is 4.88. The van der Waals surface area contributed by atoms with E-state index in [0.717, 1.165) is 10.5 Å². The maximum Gasteiger partial charge on any atom is 0.331 e. The lowest BCUT2D eigenvalue weighted by Gasteiger charge is -2.06. The minimum atomic E-state index is -0.581. The van der Waals surface area contributed by atoms with Gasteiger partial charge in [0.2, 0.25) is 0 Å². The minimum Gasteiger partial charge on any atom is -0.452 e. The van der Waals surface area contributed by atoms with E-state index in [1.165, 1.54) is 17.8 Å². The van der Waals surface area contributed by atoms with Crippen molar-refractivity contribution in [3.8, 4) is 6.07 Å². The smallest absolute Gasteiger partial charge is 0.331 e. The van der Waals surface area contributed by atoms with Gasteiger partial charge in [0.25, 0.3) is 5.91 Å². The second-order valence-electron chi connectivity index (χ2n) is 4.92. The molecular weight excluding hydrogens is 336 g/mol. The quantitative estimate of drug-likeness (QED) is 0.468. The highest BCUT2D eigenvalue weighted by molar-refractivity contribution is 8.02. The number of amides is 1. The first kappa shape index (κ1) is 18.3. The molecule has 0 aliphatic carbocycles. The number of nitrogens with zero attached hydrogens (tertiary/aromatic N) is 1. The number of ether oxygens (including phenoxy) is 1. The maximum atomic E-state index is 11.8. The molecule has 0 fully saturated rings. The maximum absolute atomic E-state index is 11.8. The minimum absolute atomic E-state index is 0.319. The molecule has 0 radical (unpaired) electrons. The molecule has 0 aliphatic heterocycles. The molecule has 5 nitrogen and oxygen atoms in total. The van der Waals surface area contributed by atoms with Crippen molar-refractivity contribution in [2.24, 2.45) is 0 Å². The van der Waals surface area contributed by atoms with Gasteiger partial charge in [-0.15, -0.1) is 0 Å². The number of thioether (sulfide) groups is 1. The van der Waals surface area contributed by atoms with E-state index in [0.29, 0.717) is 12.1 Å². The van der Waals surface area contributed by atoms with Crippen molar-refractivity contribution in [1.29, 1.82) is 5.26 Å². The third-order valence-electron chi connectivity index (χ3n) is 3.02.